The van der Waals surface area contributed by atoms with Crippen LogP contribution in [0.4, 0.5) is 6.01 Å². The molecule has 1 unspecified atom stereocenters. The first-order valence-corrected chi connectivity index (χ1v) is 3.52. The predicted octanol–water partition coefficient (Wildman–Crippen LogP) is 1.35. The summed E-state index contributed by atoms with van der Waals surface area (Å²) < 4.78 is 10.2. The number of ether oxygens (including phenoxy) is 1. The first-order valence-electron chi connectivity index (χ1n) is 3.52. The van der Waals surface area contributed by atoms with Crippen molar-refractivity contribution in [2.24, 2.45) is 0 Å². The lowest BCUT2D eigenvalue weighted by Crippen LogP contribution is -1.97. The first-order chi connectivity index (χ1) is 5.27. The van der Waals surface area contributed by atoms with Gasteiger partial charge in [-0.05, 0) is 6.42 Å². The molecule has 1 aromatic heterocycles. The van der Waals surface area contributed by atoms with Crippen molar-refractivity contribution in [3.63, 3.8) is 0 Å². The van der Waals surface area contributed by atoms with Gasteiger partial charge in [-0.25, -0.2) is 4.98 Å². The quantitative estimate of drug-likeness (QED) is 0.717. The van der Waals surface area contributed by atoms with Crippen LogP contribution in [-0.2, 0) is 4.74 Å². The van der Waals surface area contributed by atoms with E-state index in [2.05, 4.69) is 4.98 Å². The van der Waals surface area contributed by atoms with Crippen molar-refractivity contribution in [1.82, 2.24) is 4.98 Å². The van der Waals surface area contributed by atoms with Crippen molar-refractivity contribution in [2.45, 2.75) is 19.4 Å². The van der Waals surface area contributed by atoms with Crippen molar-refractivity contribution < 1.29 is 9.15 Å². The smallest absolute Gasteiger partial charge is 0.292 e. The van der Waals surface area contributed by atoms with E-state index < -0.39 is 0 Å². The highest BCUT2D eigenvalue weighted by atomic mass is 16.5. The van der Waals surface area contributed by atoms with Crippen molar-refractivity contribution in [1.29, 1.82) is 0 Å². The molecule has 0 aliphatic carbocycles. The maximum atomic E-state index is 5.29. The van der Waals surface area contributed by atoms with Gasteiger partial charge in [-0.2, -0.15) is 0 Å². The Labute approximate surface area is 65.4 Å². The molecule has 0 radical (unpaired) electrons. The van der Waals surface area contributed by atoms with E-state index >= 15 is 0 Å². The van der Waals surface area contributed by atoms with E-state index in [0.29, 0.717) is 5.76 Å². The van der Waals surface area contributed by atoms with Crippen LogP contribution in [0.15, 0.2) is 10.6 Å². The van der Waals surface area contributed by atoms with Gasteiger partial charge >= 0.3 is 0 Å². The standard InChI is InChI=1S/C7H12N2O2/c1-3-5(10-2)6-4-9-7(8)11-6/h4-5H,3H2,1-2H3,(H2,8,9). The average Bonchev–Trinajstić information content (AvgIpc) is 2.39. The van der Waals surface area contributed by atoms with E-state index in [-0.39, 0.29) is 12.1 Å². The second-order valence-corrected chi connectivity index (χ2v) is 2.23. The Kier molecular flexibility index (Phi) is 2.48. The number of nitrogen functional groups attached to an aromatic ring is 1. The van der Waals surface area contributed by atoms with Crippen LogP contribution < -0.4 is 5.73 Å². The van der Waals surface area contributed by atoms with Gasteiger partial charge in [0.1, 0.15) is 6.10 Å². The Hall–Kier alpha value is -1.03. The van der Waals surface area contributed by atoms with E-state index in [1.165, 1.54) is 0 Å². The molecule has 4 nitrogen and oxygen atoms in total. The highest BCUT2D eigenvalue weighted by Gasteiger charge is 2.12. The molecule has 62 valence electrons. The Bertz CT molecular complexity index is 218. The maximum Gasteiger partial charge on any atom is 0.292 e. The second-order valence-electron chi connectivity index (χ2n) is 2.23. The topological polar surface area (TPSA) is 61.3 Å². The van der Waals surface area contributed by atoms with Gasteiger partial charge in [0.25, 0.3) is 6.01 Å². The highest BCUT2D eigenvalue weighted by Crippen LogP contribution is 2.20. The van der Waals surface area contributed by atoms with Crippen LogP contribution in [0.2, 0.25) is 0 Å². The summed E-state index contributed by atoms with van der Waals surface area (Å²) in [5.74, 6) is 0.688. The number of oxazole rings is 1. The predicted molar refractivity (Wildman–Crippen MR) is 41.0 cm³/mol. The fourth-order valence-electron chi connectivity index (χ4n) is 0.934. The van der Waals surface area contributed by atoms with Crippen LogP contribution in [0.25, 0.3) is 0 Å². The summed E-state index contributed by atoms with van der Waals surface area (Å²) in [6, 6.07) is 0.190. The molecule has 0 bridgehead atoms. The average molecular weight is 156 g/mol. The fraction of sp³-hybridized carbons (Fsp3) is 0.571. The Morgan fingerprint density at radius 3 is 2.91 bits per heavy atom. The van der Waals surface area contributed by atoms with Crippen LogP contribution in [0.5, 0.6) is 0 Å². The van der Waals surface area contributed by atoms with Gasteiger partial charge in [-0.3, -0.25) is 0 Å². The molecule has 0 aliphatic rings. The zero-order chi connectivity index (χ0) is 8.27. The number of hydrogen-bond acceptors (Lipinski definition) is 4. The van der Waals surface area contributed by atoms with Crippen LogP contribution in [-0.4, -0.2) is 12.1 Å². The van der Waals surface area contributed by atoms with Crippen molar-refractivity contribution in [3.05, 3.63) is 12.0 Å². The van der Waals surface area contributed by atoms with E-state index in [1.54, 1.807) is 13.3 Å². The van der Waals surface area contributed by atoms with Gasteiger partial charge in [0.05, 0.1) is 6.20 Å². The third-order valence-corrected chi connectivity index (χ3v) is 1.51. The van der Waals surface area contributed by atoms with Crippen molar-refractivity contribution in [3.8, 4) is 0 Å². The van der Waals surface area contributed by atoms with E-state index in [9.17, 15) is 0 Å². The molecule has 0 spiro atoms. The molecule has 0 aromatic carbocycles. The zero-order valence-electron chi connectivity index (χ0n) is 6.70. The zero-order valence-corrected chi connectivity index (χ0v) is 6.70. The van der Waals surface area contributed by atoms with Crippen LogP contribution in [0.3, 0.4) is 0 Å². The third kappa shape index (κ3) is 1.71. The summed E-state index contributed by atoms with van der Waals surface area (Å²) in [7, 11) is 1.63. The molecule has 0 saturated heterocycles. The molecular formula is C7H12N2O2. The summed E-state index contributed by atoms with van der Waals surface area (Å²) >= 11 is 0. The first kappa shape index (κ1) is 8.07. The van der Waals surface area contributed by atoms with Gasteiger partial charge in [-0.15, -0.1) is 0 Å². The van der Waals surface area contributed by atoms with Gasteiger partial charge in [-0.1, -0.05) is 6.92 Å². The maximum absolute atomic E-state index is 5.29. The summed E-state index contributed by atoms with van der Waals surface area (Å²) in [6.07, 6.45) is 2.41. The molecule has 1 atom stereocenters. The van der Waals surface area contributed by atoms with Gasteiger partial charge < -0.3 is 14.9 Å². The highest BCUT2D eigenvalue weighted by molar-refractivity contribution is 5.12. The number of methoxy groups -OCH3 is 1. The van der Waals surface area contributed by atoms with E-state index in [1.807, 2.05) is 6.92 Å². The molecule has 0 amide bonds. The normalized spacial score (nSPS) is 13.3. The number of nitrogens with zero attached hydrogens (tertiary/aromatic N) is 1. The lowest BCUT2D eigenvalue weighted by atomic mass is 10.2. The minimum absolute atomic E-state index is 0.0280. The molecule has 2 N–H and O–H groups in total. The molecule has 1 rings (SSSR count). The van der Waals surface area contributed by atoms with Gasteiger partial charge in [0.15, 0.2) is 5.76 Å². The number of rotatable bonds is 3. The minimum Gasteiger partial charge on any atom is -0.426 e. The van der Waals surface area contributed by atoms with Crippen LogP contribution in [0.1, 0.15) is 25.2 Å². The Morgan fingerprint density at radius 1 is 1.82 bits per heavy atom. The minimum atomic E-state index is -0.0280. The number of anilines is 1. The summed E-state index contributed by atoms with van der Waals surface area (Å²) in [5, 5.41) is 0. The monoisotopic (exact) mass is 156 g/mol. The largest absolute Gasteiger partial charge is 0.426 e. The molecule has 0 saturated carbocycles. The molecule has 1 aromatic rings. The lowest BCUT2D eigenvalue weighted by molar-refractivity contribution is 0.0816. The number of nitrogens with two attached hydrogens (primary N) is 1. The SMILES string of the molecule is CCC(OC)c1cnc(N)o1. The van der Waals surface area contributed by atoms with Crippen LogP contribution in [0, 0.1) is 0 Å². The molecule has 11 heavy (non-hydrogen) atoms. The van der Waals surface area contributed by atoms with Crippen molar-refractivity contribution in [2.75, 3.05) is 12.8 Å². The lowest BCUT2D eigenvalue weighted by Gasteiger charge is -2.07. The summed E-state index contributed by atoms with van der Waals surface area (Å²) in [4.78, 5) is 3.76. The molecule has 0 aliphatic heterocycles. The van der Waals surface area contributed by atoms with Gasteiger partial charge in [0, 0.05) is 7.11 Å². The van der Waals surface area contributed by atoms with Crippen molar-refractivity contribution >= 4 is 6.01 Å². The second kappa shape index (κ2) is 3.39. The molecule has 4 heteroatoms. The Balaban J connectivity index is 2.73. The number of hydrogen-bond donors (Lipinski definition) is 1. The third-order valence-electron chi connectivity index (χ3n) is 1.51. The molecular weight excluding hydrogens is 144 g/mol. The van der Waals surface area contributed by atoms with E-state index in [4.69, 9.17) is 14.9 Å². The summed E-state index contributed by atoms with van der Waals surface area (Å²) in [5.41, 5.74) is 5.29. The molecule has 0 fully saturated rings. The summed E-state index contributed by atoms with van der Waals surface area (Å²) in [6.45, 7) is 2.01. The van der Waals surface area contributed by atoms with Crippen LogP contribution >= 0.6 is 0 Å². The molecule has 1 heterocycles. The number of aromatic nitrogens is 1. The van der Waals surface area contributed by atoms with Gasteiger partial charge in [0.2, 0.25) is 0 Å². The Morgan fingerprint density at radius 2 is 2.55 bits per heavy atom. The fourth-order valence-corrected chi connectivity index (χ4v) is 0.934. The van der Waals surface area contributed by atoms with E-state index in [0.717, 1.165) is 6.42 Å².